The molecule has 10 heteroatoms. The van der Waals surface area contributed by atoms with Crippen LogP contribution in [0, 0.1) is 5.82 Å². The molecule has 2 aliphatic heterocycles. The van der Waals surface area contributed by atoms with Crippen LogP contribution in [-0.4, -0.2) is 32.2 Å². The predicted octanol–water partition coefficient (Wildman–Crippen LogP) is 4.84. The van der Waals surface area contributed by atoms with Crippen LogP contribution in [-0.2, 0) is 5.60 Å². The van der Waals surface area contributed by atoms with Crippen LogP contribution in [0.5, 0.6) is 5.75 Å². The number of amides is 1. The van der Waals surface area contributed by atoms with Crippen LogP contribution in [0.2, 0.25) is 0 Å². The fourth-order valence-corrected chi connectivity index (χ4v) is 5.17. The Bertz CT molecular complexity index is 1530. The van der Waals surface area contributed by atoms with Crippen molar-refractivity contribution in [2.75, 3.05) is 0 Å². The van der Waals surface area contributed by atoms with Crippen LogP contribution in [0.25, 0.3) is 22.2 Å². The first kappa shape index (κ1) is 22.5. The molecule has 1 amide bonds. The summed E-state index contributed by atoms with van der Waals surface area (Å²) in [6.07, 6.45) is 1.89. The number of hydrogen-bond donors (Lipinski definition) is 2. The molecular formula is C26H21F3N4O3. The zero-order valence-electron chi connectivity index (χ0n) is 19.3. The van der Waals surface area contributed by atoms with Crippen molar-refractivity contribution >= 4 is 16.9 Å². The number of hydrogen-bond acceptors (Lipinski definition) is 5. The second kappa shape index (κ2) is 7.79. The lowest BCUT2D eigenvalue weighted by atomic mass is 9.97. The van der Waals surface area contributed by atoms with Crippen molar-refractivity contribution in [3.63, 3.8) is 0 Å². The average molecular weight is 494 g/mol. The van der Waals surface area contributed by atoms with Crippen molar-refractivity contribution < 1.29 is 27.8 Å². The monoisotopic (exact) mass is 494 g/mol. The summed E-state index contributed by atoms with van der Waals surface area (Å²) in [4.78, 5) is 21.7. The lowest BCUT2D eigenvalue weighted by Crippen LogP contribution is -2.28. The molecule has 0 saturated heterocycles. The first-order chi connectivity index (χ1) is 17.1. The van der Waals surface area contributed by atoms with E-state index in [4.69, 9.17) is 4.74 Å². The Labute approximate surface area is 203 Å². The first-order valence-corrected chi connectivity index (χ1v) is 11.4. The summed E-state index contributed by atoms with van der Waals surface area (Å²) in [7, 11) is 0. The Morgan fingerprint density at radius 1 is 1.19 bits per heavy atom. The Kier molecular flexibility index (Phi) is 4.88. The smallest absolute Gasteiger partial charge is 0.387 e. The second-order valence-electron chi connectivity index (χ2n) is 9.53. The normalized spacial score (nSPS) is 18.7. The highest BCUT2D eigenvalue weighted by Gasteiger charge is 2.42. The van der Waals surface area contributed by atoms with Gasteiger partial charge in [-0.25, -0.2) is 9.37 Å². The maximum Gasteiger partial charge on any atom is 0.387 e. The SMILES string of the molecule is CC(C)(O)c1ccc(-c2cc3c(cc2F)nc2n3[C@@H]3C[C@H]2NC(=O)c2cccc(OC(F)F)c23)cn1. The van der Waals surface area contributed by atoms with E-state index in [1.54, 1.807) is 38.1 Å². The van der Waals surface area contributed by atoms with Gasteiger partial charge in [0.1, 0.15) is 23.0 Å². The van der Waals surface area contributed by atoms with Crippen molar-refractivity contribution in [1.82, 2.24) is 19.9 Å². The van der Waals surface area contributed by atoms with E-state index in [1.807, 2.05) is 4.57 Å². The Balaban J connectivity index is 1.53. The molecule has 2 aliphatic rings. The number of aromatic nitrogens is 3. The Hall–Kier alpha value is -3.92. The van der Waals surface area contributed by atoms with Crippen molar-refractivity contribution in [3.8, 4) is 16.9 Å². The zero-order valence-corrected chi connectivity index (χ0v) is 19.3. The molecule has 6 rings (SSSR count). The van der Waals surface area contributed by atoms with Crippen LogP contribution < -0.4 is 10.1 Å². The number of nitrogens with zero attached hydrogens (tertiary/aromatic N) is 3. The third-order valence-electron chi connectivity index (χ3n) is 6.75. The summed E-state index contributed by atoms with van der Waals surface area (Å²) in [5.74, 6) is -0.466. The van der Waals surface area contributed by atoms with Crippen molar-refractivity contribution in [1.29, 1.82) is 0 Å². The number of pyridine rings is 1. The van der Waals surface area contributed by atoms with E-state index in [9.17, 15) is 18.7 Å². The number of alkyl halides is 2. The average Bonchev–Trinajstić information content (AvgIpc) is 3.29. The molecule has 0 radical (unpaired) electrons. The Morgan fingerprint density at radius 2 is 2.00 bits per heavy atom. The van der Waals surface area contributed by atoms with E-state index < -0.39 is 36.0 Å². The van der Waals surface area contributed by atoms with Gasteiger partial charge in [0, 0.05) is 34.5 Å². The number of benzene rings is 2. The molecule has 184 valence electrons. The van der Waals surface area contributed by atoms with Crippen LogP contribution in [0.1, 0.15) is 59.8 Å². The van der Waals surface area contributed by atoms with Gasteiger partial charge in [-0.15, -0.1) is 0 Å². The molecule has 0 aliphatic carbocycles. The maximum absolute atomic E-state index is 15.2. The molecule has 0 fully saturated rings. The van der Waals surface area contributed by atoms with E-state index >= 15 is 4.39 Å². The van der Waals surface area contributed by atoms with Crippen LogP contribution in [0.4, 0.5) is 13.2 Å². The van der Waals surface area contributed by atoms with Gasteiger partial charge in [-0.3, -0.25) is 9.78 Å². The summed E-state index contributed by atoms with van der Waals surface area (Å²) in [6.45, 7) is 0.167. The molecule has 36 heavy (non-hydrogen) atoms. The third-order valence-corrected chi connectivity index (χ3v) is 6.75. The summed E-state index contributed by atoms with van der Waals surface area (Å²) >= 11 is 0. The Morgan fingerprint density at radius 3 is 2.69 bits per heavy atom. The van der Waals surface area contributed by atoms with Gasteiger partial charge < -0.3 is 19.7 Å². The van der Waals surface area contributed by atoms with Gasteiger partial charge >= 0.3 is 6.61 Å². The largest absolute Gasteiger partial charge is 0.434 e. The molecule has 0 spiro atoms. The lowest BCUT2D eigenvalue weighted by molar-refractivity contribution is -0.0507. The molecule has 0 unspecified atom stereocenters. The molecule has 4 heterocycles. The molecule has 4 aromatic rings. The van der Waals surface area contributed by atoms with Gasteiger partial charge in [0.25, 0.3) is 5.91 Å². The summed E-state index contributed by atoms with van der Waals surface area (Å²) in [5.41, 5.74) is 1.66. The summed E-state index contributed by atoms with van der Waals surface area (Å²) < 4.78 is 48.2. The summed E-state index contributed by atoms with van der Waals surface area (Å²) in [5, 5.41) is 13.1. The minimum atomic E-state index is -3.06. The third kappa shape index (κ3) is 3.43. The van der Waals surface area contributed by atoms with Crippen LogP contribution in [0.15, 0.2) is 48.7 Å². The van der Waals surface area contributed by atoms with Gasteiger partial charge in [-0.1, -0.05) is 12.1 Å². The molecule has 7 nitrogen and oxygen atoms in total. The quantitative estimate of drug-likeness (QED) is 0.424. The topological polar surface area (TPSA) is 89.3 Å². The van der Waals surface area contributed by atoms with Gasteiger partial charge in [-0.05, 0) is 44.5 Å². The molecule has 0 saturated carbocycles. The molecule has 2 N–H and O–H groups in total. The number of carbonyl (C=O) groups is 1. The molecule has 2 aromatic heterocycles. The van der Waals surface area contributed by atoms with Crippen molar-refractivity contribution in [2.45, 2.75) is 44.6 Å². The van der Waals surface area contributed by atoms with Crippen LogP contribution in [0.3, 0.4) is 0 Å². The standard InChI is InChI=1S/C26H21F3N4O3/c1-26(2,35)21-7-6-12(11-30-21)14-8-18-16(9-15(14)27)31-23-17-10-19(33(18)23)22-13(24(34)32-17)4-3-5-20(22)36-25(28)29/h3-9,11,17,19,25,35H,10H2,1-2H3,(H,32,34)/t17-,19-/m1/s1. The van der Waals surface area contributed by atoms with E-state index in [-0.39, 0.29) is 16.9 Å². The first-order valence-electron chi connectivity index (χ1n) is 11.4. The summed E-state index contributed by atoms with van der Waals surface area (Å²) in [6, 6.07) is 9.78. The molecule has 2 atom stereocenters. The van der Waals surface area contributed by atoms with Gasteiger partial charge in [0.05, 0.1) is 28.8 Å². The number of aliphatic hydroxyl groups is 1. The highest BCUT2D eigenvalue weighted by Crippen LogP contribution is 2.48. The number of imidazole rings is 1. The fourth-order valence-electron chi connectivity index (χ4n) is 5.17. The van der Waals surface area contributed by atoms with Crippen molar-refractivity contribution in [3.05, 3.63) is 77.1 Å². The van der Waals surface area contributed by atoms with Crippen LogP contribution >= 0.6 is 0 Å². The second-order valence-corrected chi connectivity index (χ2v) is 9.53. The number of ether oxygens (including phenoxy) is 1. The highest BCUT2D eigenvalue weighted by atomic mass is 19.3. The minimum Gasteiger partial charge on any atom is -0.434 e. The van der Waals surface area contributed by atoms with E-state index in [0.29, 0.717) is 40.1 Å². The van der Waals surface area contributed by atoms with Gasteiger partial charge in [-0.2, -0.15) is 8.78 Å². The number of halogens is 3. The molecule has 2 bridgehead atoms. The van der Waals surface area contributed by atoms with Gasteiger partial charge in [0.15, 0.2) is 0 Å². The number of fused-ring (bicyclic) bond motifs is 9. The van der Waals surface area contributed by atoms with E-state index in [2.05, 4.69) is 15.3 Å². The fraction of sp³-hybridized carbons (Fsp3) is 0.269. The lowest BCUT2D eigenvalue weighted by Gasteiger charge is -2.21. The van der Waals surface area contributed by atoms with Crippen molar-refractivity contribution in [2.24, 2.45) is 0 Å². The maximum atomic E-state index is 15.2. The zero-order chi connectivity index (χ0) is 25.4. The van der Waals surface area contributed by atoms with E-state index in [0.717, 1.165) is 0 Å². The minimum absolute atomic E-state index is 0.0771. The highest BCUT2D eigenvalue weighted by molar-refractivity contribution is 5.98. The molecular weight excluding hydrogens is 473 g/mol. The molecule has 2 aromatic carbocycles. The number of nitrogens with one attached hydrogen (secondary N) is 1. The predicted molar refractivity (Wildman–Crippen MR) is 124 cm³/mol. The number of carbonyl (C=O) groups excluding carboxylic acids is 1. The van der Waals surface area contributed by atoms with Gasteiger partial charge in [0.2, 0.25) is 0 Å². The van der Waals surface area contributed by atoms with E-state index in [1.165, 1.54) is 24.4 Å². The number of rotatable bonds is 4.